The quantitative estimate of drug-likeness (QED) is 0.389. The van der Waals surface area contributed by atoms with Crippen molar-refractivity contribution in [2.45, 2.75) is 6.92 Å². The molecule has 4 rings (SSSR count). The van der Waals surface area contributed by atoms with Gasteiger partial charge in [-0.05, 0) is 41.5 Å². The van der Waals surface area contributed by atoms with Crippen LogP contribution < -0.4 is 15.6 Å². The monoisotopic (exact) mass is 414 g/mol. The van der Waals surface area contributed by atoms with Crippen LogP contribution in [0.5, 0.6) is 0 Å². The van der Waals surface area contributed by atoms with Gasteiger partial charge in [-0.1, -0.05) is 48.5 Å². The summed E-state index contributed by atoms with van der Waals surface area (Å²) in [7, 11) is 0. The van der Waals surface area contributed by atoms with Crippen LogP contribution in [0, 0.1) is 12.8 Å². The Morgan fingerprint density at radius 3 is 2.58 bits per heavy atom. The molecule has 5 amide bonds. The summed E-state index contributed by atoms with van der Waals surface area (Å²) in [6.45, 7) is 1.82. The maximum atomic E-state index is 12.8. The second-order valence-corrected chi connectivity index (χ2v) is 7.03. The first kappa shape index (κ1) is 20.0. The van der Waals surface area contributed by atoms with Gasteiger partial charge < -0.3 is 0 Å². The van der Waals surface area contributed by atoms with E-state index in [1.807, 2.05) is 43.3 Å². The number of urea groups is 1. The van der Waals surface area contributed by atoms with Gasteiger partial charge in [-0.15, -0.1) is 0 Å². The van der Waals surface area contributed by atoms with Crippen LogP contribution in [-0.4, -0.2) is 30.0 Å². The van der Waals surface area contributed by atoms with Gasteiger partial charge in [0.05, 0.1) is 5.69 Å². The minimum Gasteiger partial charge on any atom is -0.276 e. The molecule has 1 heterocycles. The Morgan fingerprint density at radius 2 is 1.77 bits per heavy atom. The molecule has 1 fully saturated rings. The molecule has 0 unspecified atom stereocenters. The van der Waals surface area contributed by atoms with Gasteiger partial charge in [0, 0.05) is 11.8 Å². The number of barbiturate groups is 1. The summed E-state index contributed by atoms with van der Waals surface area (Å²) in [6, 6.07) is 18.6. The van der Waals surface area contributed by atoms with E-state index in [2.05, 4.69) is 15.8 Å². The molecule has 8 heteroatoms. The van der Waals surface area contributed by atoms with E-state index in [0.29, 0.717) is 11.3 Å². The number of hydrazone groups is 1. The zero-order valence-electron chi connectivity index (χ0n) is 16.5. The van der Waals surface area contributed by atoms with Gasteiger partial charge >= 0.3 is 6.03 Å². The Bertz CT molecular complexity index is 1250. The molecule has 154 valence electrons. The van der Waals surface area contributed by atoms with Gasteiger partial charge in [0.25, 0.3) is 11.8 Å². The van der Waals surface area contributed by atoms with E-state index in [1.165, 1.54) is 0 Å². The molecule has 8 nitrogen and oxygen atoms in total. The van der Waals surface area contributed by atoms with Crippen LogP contribution in [0.1, 0.15) is 15.9 Å². The Hall–Kier alpha value is -4.33. The van der Waals surface area contributed by atoms with Gasteiger partial charge in [0.1, 0.15) is 0 Å². The highest BCUT2D eigenvalue weighted by Crippen LogP contribution is 2.21. The van der Waals surface area contributed by atoms with Crippen LogP contribution in [0.2, 0.25) is 0 Å². The van der Waals surface area contributed by atoms with Crippen LogP contribution in [0.15, 0.2) is 71.8 Å². The van der Waals surface area contributed by atoms with Gasteiger partial charge in [-0.2, -0.15) is 5.10 Å². The largest absolute Gasteiger partial charge is 0.335 e. The molecule has 1 aliphatic rings. The summed E-state index contributed by atoms with van der Waals surface area (Å²) < 4.78 is 0. The topological polar surface area (TPSA) is 108 Å². The van der Waals surface area contributed by atoms with Gasteiger partial charge in [0.15, 0.2) is 5.92 Å². The zero-order chi connectivity index (χ0) is 22.0. The average Bonchev–Trinajstić information content (AvgIpc) is 2.75. The first-order valence-corrected chi connectivity index (χ1v) is 9.52. The lowest BCUT2D eigenvalue weighted by Gasteiger charge is -2.28. The normalized spacial score (nSPS) is 16.6. The summed E-state index contributed by atoms with van der Waals surface area (Å²) in [5, 5.41) is 7.60. The van der Waals surface area contributed by atoms with Crippen molar-refractivity contribution < 1.29 is 19.2 Å². The number of aryl methyl sites for hydroxylation is 1. The van der Waals surface area contributed by atoms with Crippen molar-refractivity contribution in [2.24, 2.45) is 11.0 Å². The molecule has 3 aromatic rings. The second kappa shape index (κ2) is 8.19. The fourth-order valence-electron chi connectivity index (χ4n) is 3.39. The summed E-state index contributed by atoms with van der Waals surface area (Å²) in [5.41, 5.74) is 3.95. The van der Waals surface area contributed by atoms with Crippen molar-refractivity contribution in [2.75, 3.05) is 4.90 Å². The van der Waals surface area contributed by atoms with E-state index in [-0.39, 0.29) is 0 Å². The maximum Gasteiger partial charge on any atom is 0.335 e. The van der Waals surface area contributed by atoms with Crippen molar-refractivity contribution >= 4 is 46.4 Å². The number of amides is 5. The van der Waals surface area contributed by atoms with Gasteiger partial charge in [-0.25, -0.2) is 15.1 Å². The van der Waals surface area contributed by atoms with Crippen LogP contribution in [0.25, 0.3) is 10.8 Å². The lowest BCUT2D eigenvalue weighted by molar-refractivity contribution is -0.131. The van der Waals surface area contributed by atoms with Crippen molar-refractivity contribution in [3.05, 3.63) is 77.9 Å². The number of hydrogen-bond acceptors (Lipinski definition) is 5. The van der Waals surface area contributed by atoms with Crippen molar-refractivity contribution in [1.29, 1.82) is 0 Å². The molecule has 0 saturated carbocycles. The fourth-order valence-corrected chi connectivity index (χ4v) is 3.39. The minimum absolute atomic E-state index is 0.341. The van der Waals surface area contributed by atoms with Crippen molar-refractivity contribution in [3.8, 4) is 0 Å². The minimum atomic E-state index is -1.36. The highest BCUT2D eigenvalue weighted by Gasteiger charge is 2.40. The second-order valence-electron chi connectivity index (χ2n) is 7.03. The van der Waals surface area contributed by atoms with Crippen LogP contribution >= 0.6 is 0 Å². The molecule has 3 aromatic carbocycles. The van der Waals surface area contributed by atoms with E-state index in [4.69, 9.17) is 0 Å². The first-order valence-electron chi connectivity index (χ1n) is 9.52. The third-order valence-corrected chi connectivity index (χ3v) is 4.89. The van der Waals surface area contributed by atoms with E-state index < -0.39 is 29.7 Å². The lowest BCUT2D eigenvalue weighted by atomic mass is 10.0. The summed E-state index contributed by atoms with van der Waals surface area (Å²) >= 11 is 0. The zero-order valence-corrected chi connectivity index (χ0v) is 16.5. The Balaban J connectivity index is 1.53. The number of carbonyl (C=O) groups excluding carboxylic acids is 4. The highest BCUT2D eigenvalue weighted by molar-refractivity contribution is 6.32. The summed E-state index contributed by atoms with van der Waals surface area (Å²) in [6.07, 6.45) is 1.02. The predicted octanol–water partition coefficient (Wildman–Crippen LogP) is 2.76. The predicted molar refractivity (Wildman–Crippen MR) is 116 cm³/mol. The van der Waals surface area contributed by atoms with Crippen molar-refractivity contribution in [3.63, 3.8) is 0 Å². The lowest BCUT2D eigenvalue weighted by Crippen LogP contribution is -2.58. The van der Waals surface area contributed by atoms with Crippen molar-refractivity contribution in [1.82, 2.24) is 10.7 Å². The summed E-state index contributed by atoms with van der Waals surface area (Å²) in [4.78, 5) is 50.7. The highest BCUT2D eigenvalue weighted by atomic mass is 16.2. The fraction of sp³-hybridized carbons (Fsp3) is 0.0870. The van der Waals surface area contributed by atoms with E-state index in [9.17, 15) is 19.2 Å². The third kappa shape index (κ3) is 3.91. The SMILES string of the molecule is Cc1cccc(N2C(=O)NC(=O)[C@H](/C=N\NC(=O)c3cccc4ccccc34)C2=O)c1. The van der Waals surface area contributed by atoms with E-state index in [0.717, 1.165) is 27.5 Å². The first-order chi connectivity index (χ1) is 15.0. The van der Waals surface area contributed by atoms with E-state index >= 15 is 0 Å². The molecule has 0 aliphatic carbocycles. The number of benzene rings is 3. The Morgan fingerprint density at radius 1 is 1.03 bits per heavy atom. The van der Waals surface area contributed by atoms with Gasteiger partial charge in [0.2, 0.25) is 5.91 Å². The smallest absolute Gasteiger partial charge is 0.276 e. The number of rotatable bonds is 4. The van der Waals surface area contributed by atoms with E-state index in [1.54, 1.807) is 30.3 Å². The number of nitrogens with one attached hydrogen (secondary N) is 2. The van der Waals surface area contributed by atoms with Crippen LogP contribution in [0.4, 0.5) is 10.5 Å². The molecular weight excluding hydrogens is 396 g/mol. The maximum absolute atomic E-state index is 12.8. The van der Waals surface area contributed by atoms with Crippen LogP contribution in [-0.2, 0) is 9.59 Å². The molecule has 1 atom stereocenters. The van der Waals surface area contributed by atoms with Crippen LogP contribution in [0.3, 0.4) is 0 Å². The number of nitrogens with zero attached hydrogens (tertiary/aromatic N) is 2. The average molecular weight is 414 g/mol. The molecule has 1 saturated heterocycles. The molecule has 0 aromatic heterocycles. The van der Waals surface area contributed by atoms with Gasteiger partial charge in [-0.3, -0.25) is 19.7 Å². The number of anilines is 1. The number of fused-ring (bicyclic) bond motifs is 1. The molecule has 0 radical (unpaired) electrons. The molecule has 1 aliphatic heterocycles. The Labute approximate surface area is 177 Å². The molecule has 0 bridgehead atoms. The third-order valence-electron chi connectivity index (χ3n) is 4.89. The molecular formula is C23H18N4O4. The number of hydrogen-bond donors (Lipinski definition) is 2. The Kier molecular flexibility index (Phi) is 5.28. The standard InChI is InChI=1S/C23H18N4O4/c1-14-6-4-9-16(12-14)27-22(30)19(20(28)25-23(27)31)13-24-26-21(29)18-11-5-8-15-7-2-3-10-17(15)18/h2-13,19H,1H3,(H,26,29)(H,25,28,31)/b24-13-/t19-/m0/s1. The summed E-state index contributed by atoms with van der Waals surface area (Å²) in [5.74, 6) is -3.39. The molecule has 31 heavy (non-hydrogen) atoms. The number of imide groups is 2. The number of carbonyl (C=O) groups is 4. The molecule has 2 N–H and O–H groups in total. The molecule has 0 spiro atoms.